The van der Waals surface area contributed by atoms with Crippen molar-refractivity contribution in [3.8, 4) is 0 Å². The Morgan fingerprint density at radius 2 is 1.88 bits per heavy atom. The predicted octanol–water partition coefficient (Wildman–Crippen LogP) is 4.93. The number of hydrogen-bond donors (Lipinski definition) is 3. The number of allylic oxidation sites excluding steroid dienone is 2. The number of anilines is 2. The summed E-state index contributed by atoms with van der Waals surface area (Å²) in [4.78, 5) is 33.0. The lowest BCUT2D eigenvalue weighted by Crippen LogP contribution is -2.38. The van der Waals surface area contributed by atoms with Gasteiger partial charge in [0.05, 0.1) is 0 Å². The van der Waals surface area contributed by atoms with Gasteiger partial charge in [0.2, 0.25) is 0 Å². The normalized spacial score (nSPS) is 14.6. The molecular formula is C27H30N4O3. The second kappa shape index (κ2) is 10.0. The number of aryl methyl sites for hydroxylation is 1. The van der Waals surface area contributed by atoms with E-state index in [1.165, 1.54) is 0 Å². The number of carbonyl (C=O) groups excluding carboxylic acids is 1. The molecule has 3 aromatic rings. The highest BCUT2D eigenvalue weighted by atomic mass is 16.4. The average Bonchev–Trinajstić information content (AvgIpc) is 3.13. The number of aromatic nitrogens is 2. The molecule has 0 spiro atoms. The summed E-state index contributed by atoms with van der Waals surface area (Å²) in [5, 5.41) is 18.3. The van der Waals surface area contributed by atoms with Crippen molar-refractivity contribution in [2.45, 2.75) is 52.5 Å². The highest BCUT2D eigenvalue weighted by molar-refractivity contribution is 5.98. The van der Waals surface area contributed by atoms with Crippen LogP contribution in [0.2, 0.25) is 0 Å². The van der Waals surface area contributed by atoms with Crippen LogP contribution < -0.4 is 10.6 Å². The molecule has 0 fully saturated rings. The van der Waals surface area contributed by atoms with Crippen molar-refractivity contribution < 1.29 is 14.7 Å². The smallest absolute Gasteiger partial charge is 0.326 e. The van der Waals surface area contributed by atoms with E-state index in [0.29, 0.717) is 31.6 Å². The summed E-state index contributed by atoms with van der Waals surface area (Å²) < 4.78 is 0. The third kappa shape index (κ3) is 5.42. The van der Waals surface area contributed by atoms with Crippen molar-refractivity contribution in [3.63, 3.8) is 0 Å². The number of hydrogen-bond acceptors (Lipinski definition) is 6. The third-order valence-electron chi connectivity index (χ3n) is 5.98. The minimum atomic E-state index is -0.930. The van der Waals surface area contributed by atoms with E-state index in [2.05, 4.69) is 34.4 Å². The number of carbonyl (C=O) groups is 2. The topological polar surface area (TPSA) is 104 Å². The largest absolute Gasteiger partial charge is 0.480 e. The molecule has 3 N–H and O–H groups in total. The van der Waals surface area contributed by atoms with Gasteiger partial charge in [0.25, 0.3) is 0 Å². The first-order valence-electron chi connectivity index (χ1n) is 11.6. The van der Waals surface area contributed by atoms with Crippen molar-refractivity contribution >= 4 is 34.0 Å². The van der Waals surface area contributed by atoms with Gasteiger partial charge in [-0.3, -0.25) is 9.78 Å². The molecule has 7 nitrogen and oxygen atoms in total. The SMILES string of the molecule is Cc1cc2ccncc2c(Nc2ccc(C[C@H](NC3=C(CC(C)C)C(=O)CC3)C(=O)O)cc2)n1. The van der Waals surface area contributed by atoms with Gasteiger partial charge in [0.15, 0.2) is 5.78 Å². The van der Waals surface area contributed by atoms with Crippen molar-refractivity contribution in [2.24, 2.45) is 5.92 Å². The molecule has 0 saturated carbocycles. The van der Waals surface area contributed by atoms with Gasteiger partial charge in [-0.1, -0.05) is 26.0 Å². The van der Waals surface area contributed by atoms with Crippen molar-refractivity contribution in [3.05, 3.63) is 71.3 Å². The summed E-state index contributed by atoms with van der Waals surface area (Å²) in [6, 6.07) is 10.8. The first kappa shape index (κ1) is 23.4. The number of pyridine rings is 2. The lowest BCUT2D eigenvalue weighted by molar-refractivity contribution is -0.139. The zero-order valence-corrected chi connectivity index (χ0v) is 19.8. The lowest BCUT2D eigenvalue weighted by Gasteiger charge is -2.19. The van der Waals surface area contributed by atoms with Crippen LogP contribution in [-0.4, -0.2) is 32.9 Å². The summed E-state index contributed by atoms with van der Waals surface area (Å²) >= 11 is 0. The molecule has 2 aromatic heterocycles. The Morgan fingerprint density at radius 1 is 1.12 bits per heavy atom. The number of fused-ring (bicyclic) bond motifs is 1. The molecule has 1 aliphatic carbocycles. The number of rotatable bonds is 9. The van der Waals surface area contributed by atoms with Crippen LogP contribution in [0.25, 0.3) is 10.8 Å². The quantitative estimate of drug-likeness (QED) is 0.418. The fourth-order valence-corrected chi connectivity index (χ4v) is 4.34. The first-order valence-corrected chi connectivity index (χ1v) is 11.6. The number of benzene rings is 1. The van der Waals surface area contributed by atoms with Gasteiger partial charge in [-0.2, -0.15) is 0 Å². The van der Waals surface area contributed by atoms with Gasteiger partial charge < -0.3 is 15.7 Å². The van der Waals surface area contributed by atoms with E-state index in [9.17, 15) is 14.7 Å². The summed E-state index contributed by atoms with van der Waals surface area (Å²) in [5.41, 5.74) is 4.20. The molecule has 1 atom stereocenters. The molecule has 0 amide bonds. The highest BCUT2D eigenvalue weighted by Gasteiger charge is 2.27. The monoisotopic (exact) mass is 458 g/mol. The second-order valence-electron chi connectivity index (χ2n) is 9.25. The van der Waals surface area contributed by atoms with Gasteiger partial charge in [-0.15, -0.1) is 0 Å². The molecule has 0 bridgehead atoms. The Bertz CT molecular complexity index is 1250. The summed E-state index contributed by atoms with van der Waals surface area (Å²) in [7, 11) is 0. The van der Waals surface area contributed by atoms with Gasteiger partial charge in [-0.25, -0.2) is 9.78 Å². The second-order valence-corrected chi connectivity index (χ2v) is 9.25. The molecule has 0 aliphatic heterocycles. The van der Waals surface area contributed by atoms with Crippen molar-refractivity contribution in [1.82, 2.24) is 15.3 Å². The number of nitrogens with one attached hydrogen (secondary N) is 2. The van der Waals surface area contributed by atoms with Crippen LogP contribution in [0.1, 0.15) is 44.4 Å². The Balaban J connectivity index is 1.49. The van der Waals surface area contributed by atoms with Gasteiger partial charge >= 0.3 is 5.97 Å². The van der Waals surface area contributed by atoms with Crippen LogP contribution in [0.5, 0.6) is 0 Å². The van der Waals surface area contributed by atoms with E-state index in [4.69, 9.17) is 0 Å². The fraction of sp³-hybridized carbons (Fsp3) is 0.333. The molecule has 34 heavy (non-hydrogen) atoms. The molecule has 2 heterocycles. The Kier molecular flexibility index (Phi) is 6.91. The summed E-state index contributed by atoms with van der Waals surface area (Å²) in [6.07, 6.45) is 5.57. The number of aliphatic carboxylic acids is 1. The number of Topliss-reactive ketones (excluding diaryl/α,β-unsaturated/α-hetero) is 1. The summed E-state index contributed by atoms with van der Waals surface area (Å²) in [6.45, 7) is 6.07. The van der Waals surface area contributed by atoms with Gasteiger partial charge in [0.1, 0.15) is 11.9 Å². The van der Waals surface area contributed by atoms with Gasteiger partial charge in [0, 0.05) is 53.3 Å². The predicted molar refractivity (Wildman–Crippen MR) is 133 cm³/mol. The van der Waals surface area contributed by atoms with Crippen molar-refractivity contribution in [2.75, 3.05) is 5.32 Å². The minimum Gasteiger partial charge on any atom is -0.480 e. The standard InChI is InChI=1S/C27H30N4O3/c1-16(2)12-21-23(8-9-25(21)32)31-24(27(33)34)14-18-4-6-20(7-5-18)30-26-22-15-28-11-10-19(22)13-17(3)29-26/h4-7,10-11,13,15-16,24,31H,8-9,12,14H2,1-3H3,(H,29,30)(H,33,34)/t24-/m0/s1. The molecule has 0 unspecified atom stereocenters. The van der Waals surface area contributed by atoms with E-state index >= 15 is 0 Å². The van der Waals surface area contributed by atoms with Crippen LogP contribution in [0.3, 0.4) is 0 Å². The zero-order chi connectivity index (χ0) is 24.2. The van der Waals surface area contributed by atoms with E-state index in [1.54, 1.807) is 12.4 Å². The average molecular weight is 459 g/mol. The van der Waals surface area contributed by atoms with E-state index in [0.717, 1.165) is 44.8 Å². The Labute approximate surface area is 199 Å². The van der Waals surface area contributed by atoms with E-state index in [1.807, 2.05) is 43.3 Å². The molecule has 7 heteroatoms. The fourth-order valence-electron chi connectivity index (χ4n) is 4.34. The lowest BCUT2D eigenvalue weighted by atomic mass is 10.0. The number of ketones is 1. The highest BCUT2D eigenvalue weighted by Crippen LogP contribution is 2.28. The van der Waals surface area contributed by atoms with Crippen LogP contribution in [0.4, 0.5) is 11.5 Å². The molecule has 4 rings (SSSR count). The number of carboxylic acids is 1. The van der Waals surface area contributed by atoms with Crippen LogP contribution >= 0.6 is 0 Å². The molecule has 0 radical (unpaired) electrons. The molecule has 176 valence electrons. The van der Waals surface area contributed by atoms with Crippen LogP contribution in [0.15, 0.2) is 60.1 Å². The molecular weight excluding hydrogens is 428 g/mol. The zero-order valence-electron chi connectivity index (χ0n) is 19.8. The number of nitrogens with zero attached hydrogens (tertiary/aromatic N) is 2. The maximum Gasteiger partial charge on any atom is 0.326 e. The van der Waals surface area contributed by atoms with Crippen LogP contribution in [0, 0.1) is 12.8 Å². The Hall–Kier alpha value is -3.74. The van der Waals surface area contributed by atoms with E-state index < -0.39 is 12.0 Å². The maximum absolute atomic E-state index is 12.3. The molecule has 1 aliphatic rings. The number of carboxylic acid groups (broad SMARTS) is 1. The molecule has 1 aromatic carbocycles. The minimum absolute atomic E-state index is 0.128. The van der Waals surface area contributed by atoms with Crippen molar-refractivity contribution in [1.29, 1.82) is 0 Å². The van der Waals surface area contributed by atoms with Gasteiger partial charge in [-0.05, 0) is 60.9 Å². The maximum atomic E-state index is 12.3. The van der Waals surface area contributed by atoms with Crippen LogP contribution in [-0.2, 0) is 16.0 Å². The summed E-state index contributed by atoms with van der Waals surface area (Å²) in [5.74, 6) is 0.272. The Morgan fingerprint density at radius 3 is 2.59 bits per heavy atom. The first-order chi connectivity index (χ1) is 16.3. The van der Waals surface area contributed by atoms with E-state index in [-0.39, 0.29) is 5.78 Å². The third-order valence-corrected chi connectivity index (χ3v) is 5.98. The molecule has 0 saturated heterocycles.